The van der Waals surface area contributed by atoms with E-state index in [1.807, 2.05) is 0 Å². The minimum atomic E-state index is -3.84. The van der Waals surface area contributed by atoms with Gasteiger partial charge in [0.05, 0.1) is 15.6 Å². The molecular weight excluding hydrogens is 405 g/mol. The van der Waals surface area contributed by atoms with E-state index in [0.29, 0.717) is 27.6 Å². The van der Waals surface area contributed by atoms with Crippen molar-refractivity contribution in [1.29, 1.82) is 0 Å². The Morgan fingerprint density at radius 3 is 2.71 bits per heavy atom. The summed E-state index contributed by atoms with van der Waals surface area (Å²) in [5.41, 5.74) is 1.94. The zero-order valence-corrected chi connectivity index (χ0v) is 16.1. The number of aryl methyl sites for hydroxylation is 1. The number of benzene rings is 2. The van der Waals surface area contributed by atoms with Gasteiger partial charge in [0, 0.05) is 23.2 Å². The molecule has 2 aromatic carbocycles. The minimum absolute atomic E-state index is 0.00425. The zero-order chi connectivity index (χ0) is 19.9. The van der Waals surface area contributed by atoms with Gasteiger partial charge in [0.1, 0.15) is 12.1 Å². The number of aromatic nitrogens is 2. The number of hydrogen-bond acceptors (Lipinski definition) is 5. The lowest BCUT2D eigenvalue weighted by atomic mass is 10.00. The lowest BCUT2D eigenvalue weighted by molar-refractivity contribution is 0.423. The third kappa shape index (κ3) is 3.32. The van der Waals surface area contributed by atoms with E-state index in [0.717, 1.165) is 0 Å². The SMILES string of the molecule is Cc1cc(F)c(Cl)cc1-c1nccc2cc(S(=O)(=O)Nc3ccon3)ccc12. The molecule has 0 fully saturated rings. The van der Waals surface area contributed by atoms with Gasteiger partial charge in [-0.1, -0.05) is 22.8 Å². The Balaban J connectivity index is 1.82. The number of halogens is 2. The van der Waals surface area contributed by atoms with Crippen LogP contribution in [0.3, 0.4) is 0 Å². The van der Waals surface area contributed by atoms with Crippen LogP contribution in [0.5, 0.6) is 0 Å². The first kappa shape index (κ1) is 18.4. The second kappa shape index (κ2) is 6.88. The summed E-state index contributed by atoms with van der Waals surface area (Å²) in [6.07, 6.45) is 2.84. The monoisotopic (exact) mass is 417 g/mol. The summed E-state index contributed by atoms with van der Waals surface area (Å²) in [5.74, 6) is -0.414. The van der Waals surface area contributed by atoms with Crippen LogP contribution in [0.25, 0.3) is 22.0 Å². The fourth-order valence-electron chi connectivity index (χ4n) is 2.90. The van der Waals surface area contributed by atoms with Gasteiger partial charge in [0.25, 0.3) is 10.0 Å². The number of rotatable bonds is 4. The van der Waals surface area contributed by atoms with Gasteiger partial charge in [-0.2, -0.15) is 0 Å². The van der Waals surface area contributed by atoms with Gasteiger partial charge in [-0.15, -0.1) is 0 Å². The van der Waals surface area contributed by atoms with E-state index in [-0.39, 0.29) is 15.7 Å². The summed E-state index contributed by atoms with van der Waals surface area (Å²) in [7, 11) is -3.84. The number of sulfonamides is 1. The number of nitrogens with one attached hydrogen (secondary N) is 1. The Labute approximate surface area is 165 Å². The summed E-state index contributed by atoms with van der Waals surface area (Å²) < 4.78 is 45.8. The summed E-state index contributed by atoms with van der Waals surface area (Å²) in [4.78, 5) is 4.46. The molecule has 0 saturated heterocycles. The van der Waals surface area contributed by atoms with E-state index < -0.39 is 15.8 Å². The number of hydrogen-bond donors (Lipinski definition) is 1. The van der Waals surface area contributed by atoms with Crippen molar-refractivity contribution < 1.29 is 17.3 Å². The fraction of sp³-hybridized carbons (Fsp3) is 0.0526. The van der Waals surface area contributed by atoms with Crippen LogP contribution in [0.1, 0.15) is 5.56 Å². The van der Waals surface area contributed by atoms with E-state index in [4.69, 9.17) is 11.6 Å². The number of pyridine rings is 1. The molecule has 2 heterocycles. The van der Waals surface area contributed by atoms with Crippen LogP contribution in [0.15, 0.2) is 64.3 Å². The molecule has 0 radical (unpaired) electrons. The molecule has 0 saturated carbocycles. The van der Waals surface area contributed by atoms with E-state index in [1.165, 1.54) is 36.6 Å². The Morgan fingerprint density at radius 1 is 1.14 bits per heavy atom. The molecule has 0 amide bonds. The van der Waals surface area contributed by atoms with Crippen LogP contribution in [-0.4, -0.2) is 18.6 Å². The molecule has 0 aliphatic carbocycles. The molecule has 0 bridgehead atoms. The van der Waals surface area contributed by atoms with Crippen LogP contribution in [-0.2, 0) is 10.0 Å². The molecule has 1 N–H and O–H groups in total. The van der Waals surface area contributed by atoms with Crippen molar-refractivity contribution in [3.8, 4) is 11.3 Å². The molecule has 2 aromatic heterocycles. The topological polar surface area (TPSA) is 85.1 Å². The Morgan fingerprint density at radius 2 is 1.96 bits per heavy atom. The molecule has 4 rings (SSSR count). The van der Waals surface area contributed by atoms with Crippen LogP contribution in [0, 0.1) is 12.7 Å². The normalized spacial score (nSPS) is 11.7. The largest absolute Gasteiger partial charge is 0.363 e. The van der Waals surface area contributed by atoms with E-state index in [9.17, 15) is 12.8 Å². The van der Waals surface area contributed by atoms with Gasteiger partial charge in [0.2, 0.25) is 0 Å². The molecule has 142 valence electrons. The van der Waals surface area contributed by atoms with Crippen molar-refractivity contribution in [3.63, 3.8) is 0 Å². The van der Waals surface area contributed by atoms with Crippen molar-refractivity contribution in [1.82, 2.24) is 10.1 Å². The highest BCUT2D eigenvalue weighted by molar-refractivity contribution is 7.92. The second-order valence-electron chi connectivity index (χ2n) is 6.11. The Kier molecular flexibility index (Phi) is 4.52. The molecule has 4 aromatic rings. The Bertz CT molecular complexity index is 1290. The highest BCUT2D eigenvalue weighted by Crippen LogP contribution is 2.33. The maximum Gasteiger partial charge on any atom is 0.263 e. The van der Waals surface area contributed by atoms with Gasteiger partial charge in [-0.05, 0) is 48.2 Å². The quantitative estimate of drug-likeness (QED) is 0.516. The lowest BCUT2D eigenvalue weighted by Crippen LogP contribution is -2.13. The highest BCUT2D eigenvalue weighted by atomic mass is 35.5. The van der Waals surface area contributed by atoms with Crippen molar-refractivity contribution in [3.05, 3.63) is 71.3 Å². The van der Waals surface area contributed by atoms with Crippen LogP contribution < -0.4 is 4.72 Å². The van der Waals surface area contributed by atoms with Gasteiger partial charge in [-0.3, -0.25) is 9.71 Å². The third-order valence-corrected chi connectivity index (χ3v) is 5.89. The van der Waals surface area contributed by atoms with Crippen molar-refractivity contribution in [2.24, 2.45) is 0 Å². The van der Waals surface area contributed by atoms with Gasteiger partial charge in [0.15, 0.2) is 5.82 Å². The molecule has 0 unspecified atom stereocenters. The predicted octanol–water partition coefficient (Wildman–Crippen LogP) is 4.79. The maximum absolute atomic E-state index is 13.7. The van der Waals surface area contributed by atoms with Gasteiger partial charge < -0.3 is 4.52 Å². The average molecular weight is 418 g/mol. The van der Waals surface area contributed by atoms with Crippen LogP contribution >= 0.6 is 11.6 Å². The first-order valence-corrected chi connectivity index (χ1v) is 9.99. The summed E-state index contributed by atoms with van der Waals surface area (Å²) in [6.45, 7) is 1.76. The molecule has 0 aliphatic heterocycles. The summed E-state index contributed by atoms with van der Waals surface area (Å²) >= 11 is 5.94. The predicted molar refractivity (Wildman–Crippen MR) is 104 cm³/mol. The standard InChI is InChI=1S/C19H13ClFN3O3S/c1-11-8-17(21)16(20)10-15(11)19-14-3-2-13(9-12(14)4-6-22-19)28(25,26)24-18-5-7-27-23-18/h2-10H,1H3,(H,23,24). The number of anilines is 1. The fourth-order valence-corrected chi connectivity index (χ4v) is 4.09. The number of nitrogens with zero attached hydrogens (tertiary/aromatic N) is 2. The van der Waals surface area contributed by atoms with Crippen molar-refractivity contribution in [2.75, 3.05) is 4.72 Å². The summed E-state index contributed by atoms with van der Waals surface area (Å²) in [6, 6.07) is 10.6. The third-order valence-electron chi connectivity index (χ3n) is 4.25. The molecule has 9 heteroatoms. The minimum Gasteiger partial charge on any atom is -0.363 e. The van der Waals surface area contributed by atoms with Crippen molar-refractivity contribution >= 4 is 38.2 Å². The van der Waals surface area contributed by atoms with Crippen LogP contribution in [0.4, 0.5) is 10.2 Å². The van der Waals surface area contributed by atoms with Crippen LogP contribution in [0.2, 0.25) is 5.02 Å². The molecule has 0 atom stereocenters. The van der Waals surface area contributed by atoms with Crippen molar-refractivity contribution in [2.45, 2.75) is 11.8 Å². The molecule has 0 aliphatic rings. The summed E-state index contributed by atoms with van der Waals surface area (Å²) in [5, 5.41) is 4.92. The van der Waals surface area contributed by atoms with E-state index >= 15 is 0 Å². The van der Waals surface area contributed by atoms with Gasteiger partial charge in [-0.25, -0.2) is 12.8 Å². The molecular formula is C19H13ClFN3O3S. The second-order valence-corrected chi connectivity index (χ2v) is 8.20. The molecule has 28 heavy (non-hydrogen) atoms. The van der Waals surface area contributed by atoms with E-state index in [2.05, 4.69) is 19.4 Å². The maximum atomic E-state index is 13.7. The lowest BCUT2D eigenvalue weighted by Gasteiger charge is -2.11. The van der Waals surface area contributed by atoms with Gasteiger partial charge >= 0.3 is 0 Å². The first-order chi connectivity index (χ1) is 13.3. The average Bonchev–Trinajstić information content (AvgIpc) is 3.16. The number of fused-ring (bicyclic) bond motifs is 1. The molecule has 0 spiro atoms. The Hall–Kier alpha value is -2.97. The smallest absolute Gasteiger partial charge is 0.263 e. The van der Waals surface area contributed by atoms with E-state index in [1.54, 1.807) is 25.3 Å². The first-order valence-electron chi connectivity index (χ1n) is 8.13. The zero-order valence-electron chi connectivity index (χ0n) is 14.5. The highest BCUT2D eigenvalue weighted by Gasteiger charge is 2.18. The molecule has 6 nitrogen and oxygen atoms in total.